The number of ketones is 1. The van der Waals surface area contributed by atoms with Crippen molar-refractivity contribution in [3.05, 3.63) is 249 Å². The number of aryl methyl sites for hydroxylation is 3. The summed E-state index contributed by atoms with van der Waals surface area (Å²) >= 11 is 0. The zero-order chi connectivity index (χ0) is 71.7. The first-order valence-electron chi connectivity index (χ1n) is 30.7. The van der Waals surface area contributed by atoms with Gasteiger partial charge in [0.2, 0.25) is 0 Å². The first-order valence-corrected chi connectivity index (χ1v) is 38.8. The molecule has 538 valence electrons. The van der Waals surface area contributed by atoms with Crippen molar-refractivity contribution in [2.24, 2.45) is 0 Å². The Hall–Kier alpha value is -10.7. The average Bonchev–Trinajstić information content (AvgIpc) is 1.56. The van der Waals surface area contributed by atoms with Crippen LogP contribution >= 0.6 is 0 Å². The van der Waals surface area contributed by atoms with Gasteiger partial charge >= 0.3 is 5.71 Å². The third-order valence-corrected chi connectivity index (χ3v) is 25.5. The number of hydrogen-bond acceptors (Lipinski definition) is 14. The molecule has 12 rings (SSSR count). The van der Waals surface area contributed by atoms with Gasteiger partial charge in [-0.2, -0.15) is 4.79 Å². The fourth-order valence-electron chi connectivity index (χ4n) is 11.6. The summed E-state index contributed by atoms with van der Waals surface area (Å²) in [5.41, 5.74) is 17.2. The van der Waals surface area contributed by atoms with E-state index in [-0.39, 0.29) is 111 Å². The van der Waals surface area contributed by atoms with E-state index in [1.165, 1.54) is 89.1 Å². The van der Waals surface area contributed by atoms with Crippen LogP contribution in [0.3, 0.4) is 0 Å². The number of amides is 8. The van der Waals surface area contributed by atoms with Gasteiger partial charge in [-0.15, -0.1) is 26.3 Å². The van der Waals surface area contributed by atoms with Crippen LogP contribution in [0, 0.1) is 20.8 Å². The molecule has 4 heterocycles. The molecule has 1 aliphatic carbocycles. The highest BCUT2D eigenvalue weighted by Gasteiger charge is 2.43. The molecule has 0 saturated heterocycles. The molecule has 8 amide bonds. The van der Waals surface area contributed by atoms with E-state index in [2.05, 4.69) is 97.0 Å². The molecule has 0 aromatic heterocycles. The molecule has 102 heavy (non-hydrogen) atoms. The number of Topliss-reactive ketones (excluding diaryl/α,β-unsaturated/α-hetero) is 1. The fraction of sp³-hybridized carbons (Fsp3) is 0.266. The molecule has 7 aromatic carbocycles. The first kappa shape index (κ1) is 85.5. The summed E-state index contributed by atoms with van der Waals surface area (Å²) in [5, 5.41) is 0. The van der Waals surface area contributed by atoms with Gasteiger partial charge in [0.1, 0.15) is 23.0 Å². The highest BCUT2D eigenvalue weighted by molar-refractivity contribution is 7.90. The second kappa shape index (κ2) is 33.2. The average molecular weight is 1440 g/mol. The molecule has 0 bridgehead atoms. The predicted molar refractivity (Wildman–Crippen MR) is 409 cm³/mol. The van der Waals surface area contributed by atoms with Crippen LogP contribution in [-0.4, -0.2) is 130 Å². The van der Waals surface area contributed by atoms with Crippen LogP contribution in [0.15, 0.2) is 165 Å². The number of benzene rings is 7. The van der Waals surface area contributed by atoms with Gasteiger partial charge in [-0.3, -0.25) is 57.9 Å². The van der Waals surface area contributed by atoms with Crippen molar-refractivity contribution in [2.75, 3.05) is 31.4 Å². The SMILES string of the molecule is C.C.C.C.C.C=C.C=C.CC[Si](C)(C)O[Si](C)(C)CN1C(=O)c2ccc(Oc3ccc4c(c3)C(=O)N(C)C4=O)cc2C1=O.CS(=O)(=O)c1cccc2c1C=CC(=[N+]=[N-])C2=O.Cc1ccc(C(C)(C)c2ccc(N3C(=O)c4ccc(Oc5ccc6c(c5)C(=O)N(C)C6=O)cc4C3=O)c(C)c2)cc1C. The van der Waals surface area contributed by atoms with Crippen LogP contribution in [0.1, 0.15) is 185 Å². The maximum absolute atomic E-state index is 13.6. The number of ether oxygens (including phenoxy) is 2. The summed E-state index contributed by atoms with van der Waals surface area (Å²) in [6.07, 6.45) is 4.12. The standard InChI is InChI=1S/C35H30N2O5.C24H28N2O6Si2.C11H8N2O3S.2C2H4.5CH4/c1-19-7-8-22(15-20(19)2)35(4,5)23-9-14-30(21(3)16-23)37-33(40)27-13-11-25(18-29(27)34(37)41)42-24-10-12-26-28(17-24)32(39)36(6)31(26)38;1-7-33(3,4)32-34(5,6)14-26-23(29)18-11-9-16(13-20(18)24(26)30)31-15-8-10-17-19(12-15)22(28)25(2)21(17)27;1-17(15,16)10-4-2-3-8-7(10)5-6-9(13-12)11(8)14;2*1-2;;;;;/h7-18H,1-6H3;8-13H,7,14H2,1-6H3;2-6H,1H3;2*1-2H2;5*1H4. The van der Waals surface area contributed by atoms with Gasteiger partial charge in [0.25, 0.3) is 53.0 Å². The summed E-state index contributed by atoms with van der Waals surface area (Å²) in [6.45, 7) is 32.9. The fourth-order valence-corrected chi connectivity index (χ4v) is 20.3. The Balaban J connectivity index is 0.000000405. The largest absolute Gasteiger partial charge is 0.457 e. The molecule has 7 aromatic rings. The summed E-state index contributed by atoms with van der Waals surface area (Å²) in [4.78, 5) is 121. The number of hydrogen-bond donors (Lipinski definition) is 0. The Kier molecular flexibility index (Phi) is 27.8. The number of imide groups is 4. The Labute approximate surface area is 602 Å². The number of carbonyl (C=O) groups is 9. The number of fused-ring (bicyclic) bond motifs is 5. The topological polar surface area (TPSA) is 265 Å². The van der Waals surface area contributed by atoms with Gasteiger partial charge in [-0.1, -0.05) is 100 Å². The van der Waals surface area contributed by atoms with Crippen molar-refractivity contribution in [3.63, 3.8) is 0 Å². The number of sulfone groups is 1. The molecule has 0 atom stereocenters. The van der Waals surface area contributed by atoms with Gasteiger partial charge in [-0.05, 0) is 172 Å². The van der Waals surface area contributed by atoms with Crippen LogP contribution in [0.25, 0.3) is 11.6 Å². The molecule has 0 fully saturated rings. The number of anilines is 1. The highest BCUT2D eigenvalue weighted by Crippen LogP contribution is 2.40. The zero-order valence-electron chi connectivity index (χ0n) is 56.3. The summed E-state index contributed by atoms with van der Waals surface area (Å²) in [5.74, 6) is -2.10. The smallest absolute Gasteiger partial charge is 0.362 e. The lowest BCUT2D eigenvalue weighted by Crippen LogP contribution is -2.52. The van der Waals surface area contributed by atoms with Crippen molar-refractivity contribution >= 4 is 97.0 Å². The van der Waals surface area contributed by atoms with E-state index in [0.717, 1.165) is 33.2 Å². The zero-order valence-corrected chi connectivity index (χ0v) is 59.1. The lowest BCUT2D eigenvalue weighted by atomic mass is 9.77. The van der Waals surface area contributed by atoms with Crippen LogP contribution < -0.4 is 14.4 Å². The summed E-state index contributed by atoms with van der Waals surface area (Å²) < 4.78 is 41.3. The molecule has 4 aliphatic heterocycles. The monoisotopic (exact) mass is 1440 g/mol. The lowest BCUT2D eigenvalue weighted by Gasteiger charge is -2.35. The first-order chi connectivity index (χ1) is 45.7. The van der Waals surface area contributed by atoms with Crippen molar-refractivity contribution in [1.29, 1.82) is 0 Å². The van der Waals surface area contributed by atoms with E-state index in [0.29, 0.717) is 62.7 Å². The second-order valence-corrected chi connectivity index (χ2v) is 35.9. The van der Waals surface area contributed by atoms with E-state index in [1.807, 2.05) is 38.2 Å². The molecule has 20 nitrogen and oxygen atoms in total. The lowest BCUT2D eigenvalue weighted by molar-refractivity contribution is -0.00438. The minimum absolute atomic E-state index is 0. The molecule has 0 N–H and O–H groups in total. The Morgan fingerprint density at radius 3 is 1.30 bits per heavy atom. The van der Waals surface area contributed by atoms with Gasteiger partial charge in [-0.25, -0.2) is 13.3 Å². The van der Waals surface area contributed by atoms with Gasteiger partial charge < -0.3 is 19.1 Å². The van der Waals surface area contributed by atoms with Crippen LogP contribution in [0.5, 0.6) is 23.0 Å². The predicted octanol–water partition coefficient (Wildman–Crippen LogP) is 16.8. The van der Waals surface area contributed by atoms with Crippen LogP contribution in [0.2, 0.25) is 32.2 Å². The van der Waals surface area contributed by atoms with Crippen molar-refractivity contribution in [2.45, 2.75) is 121 Å². The maximum atomic E-state index is 13.6. The third-order valence-electron chi connectivity index (χ3n) is 17.2. The van der Waals surface area contributed by atoms with Crippen molar-refractivity contribution in [3.8, 4) is 23.0 Å². The Morgan fingerprint density at radius 2 is 0.873 bits per heavy atom. The van der Waals surface area contributed by atoms with Crippen molar-refractivity contribution in [1.82, 2.24) is 14.7 Å². The highest BCUT2D eigenvalue weighted by atomic mass is 32.2. The van der Waals surface area contributed by atoms with E-state index in [9.17, 15) is 51.6 Å². The second-order valence-electron chi connectivity index (χ2n) is 25.1. The molecular weight excluding hydrogens is 1350 g/mol. The molecule has 0 spiro atoms. The number of allylic oxidation sites excluding steroid dienone is 1. The number of nitrogens with zero attached hydrogens (tertiary/aromatic N) is 6. The molecule has 0 radical (unpaired) electrons. The minimum atomic E-state index is -3.40. The van der Waals surface area contributed by atoms with Gasteiger partial charge in [0.05, 0.1) is 55.1 Å². The van der Waals surface area contributed by atoms with Crippen molar-refractivity contribution < 1.29 is 69.9 Å². The van der Waals surface area contributed by atoms with E-state index in [4.69, 9.17) is 19.1 Å². The van der Waals surface area contributed by atoms with Crippen LogP contribution in [0.4, 0.5) is 5.69 Å². The Bertz CT molecular complexity index is 4740. The molecular formula is C79H94N6O14SSi2. The van der Waals surface area contributed by atoms with E-state index < -0.39 is 50.0 Å². The quantitative estimate of drug-likeness (QED) is 0.0342. The normalized spacial score (nSPS) is 13.7. The van der Waals surface area contributed by atoms with E-state index >= 15 is 0 Å². The number of carbonyl (C=O) groups excluding carboxylic acids is 9. The van der Waals surface area contributed by atoms with Gasteiger partial charge in [0, 0.05) is 49.1 Å². The summed E-state index contributed by atoms with van der Waals surface area (Å²) in [6, 6.07) is 36.5. The Morgan fingerprint density at radius 1 is 0.480 bits per heavy atom. The molecule has 0 unspecified atom stereocenters. The van der Waals surface area contributed by atoms with Crippen LogP contribution in [-0.2, 0) is 19.4 Å². The summed E-state index contributed by atoms with van der Waals surface area (Å²) in [7, 11) is -4.67. The van der Waals surface area contributed by atoms with E-state index in [1.54, 1.807) is 54.6 Å². The third kappa shape index (κ3) is 16.7. The minimum Gasteiger partial charge on any atom is -0.457 e. The number of rotatable bonds is 13. The molecule has 5 aliphatic rings. The maximum Gasteiger partial charge on any atom is 0.362 e. The molecule has 23 heteroatoms. The molecule has 0 saturated carbocycles. The van der Waals surface area contributed by atoms with Gasteiger partial charge in [0.15, 0.2) is 26.5 Å².